The number of hydrogen-bond donors (Lipinski definition) is 2. The van der Waals surface area contributed by atoms with E-state index in [1.807, 2.05) is 20.8 Å². The lowest BCUT2D eigenvalue weighted by molar-refractivity contribution is -0.120. The van der Waals surface area contributed by atoms with Gasteiger partial charge in [-0.2, -0.15) is 0 Å². The van der Waals surface area contributed by atoms with E-state index in [9.17, 15) is 18.4 Å². The second-order valence-electron chi connectivity index (χ2n) is 9.01. The number of amides is 2. The molecule has 0 bridgehead atoms. The predicted molar refractivity (Wildman–Crippen MR) is 104 cm³/mol. The van der Waals surface area contributed by atoms with Crippen LogP contribution in [0.4, 0.5) is 14.5 Å². The summed E-state index contributed by atoms with van der Waals surface area (Å²) in [7, 11) is 0. The molecule has 2 N–H and O–H groups in total. The van der Waals surface area contributed by atoms with E-state index in [1.165, 1.54) is 11.0 Å². The van der Waals surface area contributed by atoms with Crippen molar-refractivity contribution >= 4 is 17.5 Å². The summed E-state index contributed by atoms with van der Waals surface area (Å²) < 4.78 is 32.2. The molecule has 1 aliphatic heterocycles. The Hall–Kier alpha value is -2.45. The van der Waals surface area contributed by atoms with Crippen molar-refractivity contribution in [3.05, 3.63) is 17.8 Å². The number of halogens is 2. The van der Waals surface area contributed by atoms with E-state index < -0.39 is 24.9 Å². The molecule has 1 saturated carbocycles. The van der Waals surface area contributed by atoms with E-state index in [0.717, 1.165) is 12.8 Å². The topological polar surface area (TPSA) is 83.6 Å². The lowest BCUT2D eigenvalue weighted by Gasteiger charge is -2.40. The smallest absolute Gasteiger partial charge is 0.282 e. The number of carbonyl (C=O) groups is 2. The molecule has 2 amide bonds. The lowest BCUT2D eigenvalue weighted by Crippen LogP contribution is -2.56. The maximum absolute atomic E-state index is 13.2. The molecular weight excluding hydrogens is 382 g/mol. The van der Waals surface area contributed by atoms with Gasteiger partial charge in [-0.1, -0.05) is 20.8 Å². The molecule has 0 atom stereocenters. The second-order valence-corrected chi connectivity index (χ2v) is 9.01. The quantitative estimate of drug-likeness (QED) is 0.687. The molecule has 2 heterocycles. The molecule has 1 aromatic rings. The number of rotatable bonds is 8. The minimum absolute atomic E-state index is 0.0570. The summed E-state index contributed by atoms with van der Waals surface area (Å²) in [6.07, 6.45) is 2.14. The monoisotopic (exact) mass is 410 g/mol. The van der Waals surface area contributed by atoms with Crippen LogP contribution in [0.5, 0.6) is 5.88 Å². The molecule has 29 heavy (non-hydrogen) atoms. The van der Waals surface area contributed by atoms with Gasteiger partial charge in [0.1, 0.15) is 11.4 Å². The van der Waals surface area contributed by atoms with Gasteiger partial charge in [-0.05, 0) is 36.3 Å². The Morgan fingerprint density at radius 2 is 1.93 bits per heavy atom. The van der Waals surface area contributed by atoms with E-state index in [-0.39, 0.29) is 29.4 Å². The molecule has 1 aromatic heterocycles. The zero-order valence-electron chi connectivity index (χ0n) is 17.1. The van der Waals surface area contributed by atoms with Gasteiger partial charge in [0, 0.05) is 6.54 Å². The van der Waals surface area contributed by atoms with Crippen LogP contribution in [-0.4, -0.2) is 55.5 Å². The molecule has 1 saturated heterocycles. The van der Waals surface area contributed by atoms with Gasteiger partial charge in [-0.15, -0.1) is 0 Å². The summed E-state index contributed by atoms with van der Waals surface area (Å²) in [6.45, 7) is 5.97. The molecule has 0 spiro atoms. The van der Waals surface area contributed by atoms with Gasteiger partial charge in [0.25, 0.3) is 11.8 Å². The standard InChI is InChI=1S/C20H28F2N4O3/c1-19(2,3)10-24-16(27)8-23-17(28)14-6-7-15(26-11-20(21,22)12-26)18(25-14)29-9-13-4-5-13/h6-7,13H,4-5,8-12H2,1-3H3,(H,23,28)(H,24,27). The molecule has 0 radical (unpaired) electrons. The minimum atomic E-state index is -2.72. The highest BCUT2D eigenvalue weighted by atomic mass is 19.3. The first-order valence-electron chi connectivity index (χ1n) is 9.84. The van der Waals surface area contributed by atoms with Crippen LogP contribution in [0.3, 0.4) is 0 Å². The first kappa shape index (κ1) is 21.3. The summed E-state index contributed by atoms with van der Waals surface area (Å²) in [5.74, 6) is -2.90. The van der Waals surface area contributed by atoms with Crippen molar-refractivity contribution in [3.8, 4) is 5.88 Å². The second kappa shape index (κ2) is 8.12. The maximum Gasteiger partial charge on any atom is 0.282 e. The number of nitrogens with zero attached hydrogens (tertiary/aromatic N) is 2. The third kappa shape index (κ3) is 6.27. The number of hydrogen-bond acceptors (Lipinski definition) is 5. The normalized spacial score (nSPS) is 18.0. The van der Waals surface area contributed by atoms with Crippen LogP contribution in [0.25, 0.3) is 0 Å². The van der Waals surface area contributed by atoms with E-state index in [4.69, 9.17) is 4.74 Å². The van der Waals surface area contributed by atoms with Crippen LogP contribution < -0.4 is 20.3 Å². The Bertz CT molecular complexity index is 767. The van der Waals surface area contributed by atoms with E-state index >= 15 is 0 Å². The zero-order chi connectivity index (χ0) is 21.2. The number of ether oxygens (including phenoxy) is 1. The van der Waals surface area contributed by atoms with Crippen molar-refractivity contribution in [2.45, 2.75) is 39.5 Å². The molecular formula is C20H28F2N4O3. The van der Waals surface area contributed by atoms with Gasteiger partial charge in [-0.25, -0.2) is 13.8 Å². The molecule has 160 valence electrons. The minimum Gasteiger partial charge on any atom is -0.476 e. The largest absolute Gasteiger partial charge is 0.476 e. The highest BCUT2D eigenvalue weighted by Gasteiger charge is 2.45. The summed E-state index contributed by atoms with van der Waals surface area (Å²) in [4.78, 5) is 30.0. The van der Waals surface area contributed by atoms with Crippen molar-refractivity contribution < 1.29 is 23.1 Å². The number of anilines is 1. The van der Waals surface area contributed by atoms with Crippen LogP contribution in [-0.2, 0) is 4.79 Å². The SMILES string of the molecule is CC(C)(C)CNC(=O)CNC(=O)c1ccc(N2CC(F)(F)C2)c(OCC2CC2)n1. The number of alkyl halides is 2. The summed E-state index contributed by atoms with van der Waals surface area (Å²) >= 11 is 0. The van der Waals surface area contributed by atoms with Gasteiger partial charge in [-0.3, -0.25) is 9.59 Å². The van der Waals surface area contributed by atoms with E-state index in [0.29, 0.717) is 24.8 Å². The van der Waals surface area contributed by atoms with Gasteiger partial charge in [0.05, 0.1) is 26.2 Å². The predicted octanol–water partition coefficient (Wildman–Crippen LogP) is 2.22. The Labute approximate surface area is 169 Å². The Morgan fingerprint density at radius 1 is 1.24 bits per heavy atom. The van der Waals surface area contributed by atoms with Crippen LogP contribution in [0.15, 0.2) is 12.1 Å². The molecule has 7 nitrogen and oxygen atoms in total. The van der Waals surface area contributed by atoms with Gasteiger partial charge in [0.2, 0.25) is 11.8 Å². The van der Waals surface area contributed by atoms with Gasteiger partial charge in [0.15, 0.2) is 0 Å². The fourth-order valence-electron chi connectivity index (χ4n) is 2.75. The van der Waals surface area contributed by atoms with Crippen molar-refractivity contribution in [1.29, 1.82) is 0 Å². The average molecular weight is 410 g/mol. The Morgan fingerprint density at radius 3 is 2.52 bits per heavy atom. The molecule has 9 heteroatoms. The van der Waals surface area contributed by atoms with Crippen molar-refractivity contribution in [2.24, 2.45) is 11.3 Å². The zero-order valence-corrected chi connectivity index (χ0v) is 17.1. The van der Waals surface area contributed by atoms with Crippen molar-refractivity contribution in [2.75, 3.05) is 37.7 Å². The van der Waals surface area contributed by atoms with Crippen LogP contribution >= 0.6 is 0 Å². The van der Waals surface area contributed by atoms with Crippen LogP contribution in [0.1, 0.15) is 44.1 Å². The molecule has 0 unspecified atom stereocenters. The molecule has 0 aromatic carbocycles. The summed E-state index contributed by atoms with van der Waals surface area (Å²) in [5.41, 5.74) is 0.477. The highest BCUT2D eigenvalue weighted by molar-refractivity contribution is 5.95. The fraction of sp³-hybridized carbons (Fsp3) is 0.650. The summed E-state index contributed by atoms with van der Waals surface area (Å²) in [5, 5.41) is 5.28. The van der Waals surface area contributed by atoms with Gasteiger partial charge >= 0.3 is 0 Å². The third-order valence-electron chi connectivity index (χ3n) is 4.64. The van der Waals surface area contributed by atoms with Crippen molar-refractivity contribution in [3.63, 3.8) is 0 Å². The van der Waals surface area contributed by atoms with E-state index in [2.05, 4.69) is 15.6 Å². The number of nitrogens with one attached hydrogen (secondary N) is 2. The molecule has 2 fully saturated rings. The highest BCUT2D eigenvalue weighted by Crippen LogP contribution is 2.37. The number of carbonyl (C=O) groups excluding carboxylic acids is 2. The Kier molecular flexibility index (Phi) is 5.95. The average Bonchev–Trinajstić information content (AvgIpc) is 3.44. The van der Waals surface area contributed by atoms with E-state index in [1.54, 1.807) is 6.07 Å². The molecule has 1 aliphatic carbocycles. The number of aromatic nitrogens is 1. The van der Waals surface area contributed by atoms with Crippen LogP contribution in [0, 0.1) is 11.3 Å². The molecule has 3 rings (SSSR count). The van der Waals surface area contributed by atoms with Crippen molar-refractivity contribution in [1.82, 2.24) is 15.6 Å². The third-order valence-corrected chi connectivity index (χ3v) is 4.64. The lowest BCUT2D eigenvalue weighted by atomic mass is 9.97. The van der Waals surface area contributed by atoms with Crippen LogP contribution in [0.2, 0.25) is 0 Å². The van der Waals surface area contributed by atoms with Gasteiger partial charge < -0.3 is 20.3 Å². The first-order valence-corrected chi connectivity index (χ1v) is 9.84. The maximum atomic E-state index is 13.2. The fourth-order valence-corrected chi connectivity index (χ4v) is 2.75. The Balaban J connectivity index is 1.61. The number of pyridine rings is 1. The first-order chi connectivity index (χ1) is 13.5. The summed E-state index contributed by atoms with van der Waals surface area (Å²) in [6, 6.07) is 3.03. The molecule has 2 aliphatic rings.